The van der Waals surface area contributed by atoms with Crippen molar-refractivity contribution in [2.45, 2.75) is 92.2 Å². The van der Waals surface area contributed by atoms with Crippen LogP contribution in [-0.4, -0.2) is 159 Å². The Morgan fingerprint density at radius 2 is 0.704 bits per heavy atom. The van der Waals surface area contributed by atoms with Crippen molar-refractivity contribution in [2.75, 3.05) is 29.5 Å². The Morgan fingerprint density at radius 3 is 0.965 bits per heavy atom. The number of benzene rings is 3. The fourth-order valence-corrected chi connectivity index (χ4v) is 11.8. The predicted octanol–water partition coefficient (Wildman–Crippen LogP) is 12.2. The van der Waals surface area contributed by atoms with Crippen LogP contribution in [0.4, 0.5) is 56.6 Å². The quantitative estimate of drug-likeness (QED) is 0.0409. The topological polar surface area (TPSA) is 398 Å². The molecule has 9 aromatic heterocycles. The normalized spacial score (nSPS) is 11.6. The average molecular weight is 1720 g/mol. The zero-order chi connectivity index (χ0) is 83.9. The highest BCUT2D eigenvalue weighted by Gasteiger charge is 2.40. The number of aryl methyl sites for hydroxylation is 3. The Balaban J connectivity index is 0.000000182. The van der Waals surface area contributed by atoms with Gasteiger partial charge in [-0.1, -0.05) is 69.6 Å². The molecule has 0 aliphatic carbocycles. The molecule has 0 saturated heterocycles. The van der Waals surface area contributed by atoms with Crippen LogP contribution in [0.5, 0.6) is 0 Å². The highest BCUT2D eigenvalue weighted by molar-refractivity contribution is 6.34. The average Bonchev–Trinajstić information content (AvgIpc) is 1.68. The van der Waals surface area contributed by atoms with Crippen molar-refractivity contribution >= 4 is 122 Å². The first-order valence-corrected chi connectivity index (χ1v) is 35.2. The minimum Gasteiger partial charge on any atom is -0.355 e. The van der Waals surface area contributed by atoms with E-state index < -0.39 is 77.0 Å². The molecule has 6 N–H and O–H groups in total. The van der Waals surface area contributed by atoms with E-state index in [1.54, 1.807) is 84.9 Å². The lowest BCUT2D eigenvalue weighted by Crippen LogP contribution is -2.41. The van der Waals surface area contributed by atoms with Gasteiger partial charge in [0.05, 0.1) is 65.9 Å². The van der Waals surface area contributed by atoms with E-state index in [1.165, 1.54) is 80.2 Å². The molecule has 9 heterocycles. The first-order chi connectivity index (χ1) is 54.1. The van der Waals surface area contributed by atoms with Crippen molar-refractivity contribution in [1.29, 1.82) is 0 Å². The second-order valence-electron chi connectivity index (χ2n) is 25.1. The fraction of sp³-hybridized carbons (Fsp3) is 0.239. The molecule has 33 nitrogen and oxygen atoms in total. The standard InChI is InChI=1S/C24H22Cl2F3N9O2.C22H18Cl2F3N9O2.C21H16Cl2F3N9O2/c1-12-8-13(25)9-15(20(39)32-23(2,3)4)18(12)31-21(40)17-10-14(11-37-35-22(33-36-37)24(27,28)29)34-38(17)19-16(26)6-5-7-30-19;1-3-28-19(37)14-8-12(23)7-11(2)17(14)30-20(38)16-9-13(10-35-33-21(31-34-35)22(25,26)27)32-36(16)18-15(24)5-4-6-29-18;1-10-6-11(22)7-13(18(36)27-2)16(10)29-19(37)15-8-12(9-34-32-20(30-33-34)21(24,25)26)31-35(15)17-14(23)4-3-5-28-17/h5-10H,11H2,1-4H3,(H,31,40)(H,32,39);4-9H,3,10H2,1-2H3,(H,28,37)(H,30,38);3-8H,9H2,1-2H3,(H,27,36)(H,29,37). The van der Waals surface area contributed by atoms with Gasteiger partial charge in [-0.3, -0.25) is 28.8 Å². The van der Waals surface area contributed by atoms with E-state index in [2.05, 4.69) is 108 Å². The van der Waals surface area contributed by atoms with Gasteiger partial charge in [-0.05, 0) is 172 Å². The van der Waals surface area contributed by atoms with E-state index in [9.17, 15) is 68.3 Å². The van der Waals surface area contributed by atoms with E-state index in [0.717, 1.165) is 14.0 Å². The number of carbonyl (C=O) groups is 6. The van der Waals surface area contributed by atoms with Gasteiger partial charge in [0.15, 0.2) is 17.5 Å². The summed E-state index contributed by atoms with van der Waals surface area (Å²) in [6.45, 7) is 11.5. The number of hydrogen-bond acceptors (Lipinski definition) is 21. The van der Waals surface area contributed by atoms with Gasteiger partial charge >= 0.3 is 18.5 Å². The molecule has 0 aliphatic rings. The summed E-state index contributed by atoms with van der Waals surface area (Å²) < 4.78 is 119. The SMILES string of the molecule is CCNC(=O)c1cc(Cl)cc(C)c1NC(=O)c1cc(Cn2nnc(C(F)(F)F)n2)nn1-c1ncccc1Cl.CNC(=O)c1cc(Cl)cc(C)c1NC(=O)c1cc(Cn2nnc(C(F)(F)F)n2)nn1-c1ncccc1Cl.Cc1cc(Cl)cc(C(=O)NC(C)(C)C)c1NC(=O)c1cc(Cn2nnc(C(F)(F)F)n2)nn1-c1ncccc1Cl. The van der Waals surface area contributed by atoms with Gasteiger partial charge in [0, 0.05) is 52.8 Å². The monoisotopic (exact) mass is 1720 g/mol. The molecule has 0 fully saturated rings. The molecule has 0 saturated carbocycles. The van der Waals surface area contributed by atoms with Crippen molar-refractivity contribution in [3.05, 3.63) is 225 Å². The number of halogens is 15. The molecule has 6 amide bonds. The third kappa shape index (κ3) is 21.0. The number of alkyl halides is 9. The largest absolute Gasteiger partial charge is 0.455 e. The maximum Gasteiger partial charge on any atom is 0.455 e. The number of aromatic nitrogens is 21. The number of carbonyl (C=O) groups excluding carboxylic acids is 6. The fourth-order valence-electron chi connectivity index (χ4n) is 10.4. The molecule has 115 heavy (non-hydrogen) atoms. The molecular weight excluding hydrogens is 1660 g/mol. The molecule has 0 unspecified atom stereocenters. The molecule has 48 heteroatoms. The van der Waals surface area contributed by atoms with Crippen molar-refractivity contribution in [2.24, 2.45) is 0 Å². The summed E-state index contributed by atoms with van der Waals surface area (Å²) in [5, 5.41) is 59.4. The van der Waals surface area contributed by atoms with Crippen LogP contribution in [-0.2, 0) is 38.2 Å². The van der Waals surface area contributed by atoms with Gasteiger partial charge in [0.25, 0.3) is 52.9 Å². The van der Waals surface area contributed by atoms with Gasteiger partial charge in [-0.15, -0.1) is 30.6 Å². The summed E-state index contributed by atoms with van der Waals surface area (Å²) in [5.74, 6) is -7.52. The van der Waals surface area contributed by atoms with E-state index >= 15 is 0 Å². The Labute approximate surface area is 671 Å². The highest BCUT2D eigenvalue weighted by Crippen LogP contribution is 2.34. The van der Waals surface area contributed by atoms with Crippen LogP contribution < -0.4 is 31.9 Å². The lowest BCUT2D eigenvalue weighted by Gasteiger charge is -2.22. The second-order valence-corrected chi connectivity index (χ2v) is 27.6. The van der Waals surface area contributed by atoms with Gasteiger partial charge in [-0.2, -0.15) is 69.2 Å². The molecule has 3 aromatic carbocycles. The Kier molecular flexibility index (Phi) is 26.0. The third-order valence-electron chi connectivity index (χ3n) is 15.2. The lowest BCUT2D eigenvalue weighted by atomic mass is 10.0. The minimum absolute atomic E-state index is 0.0760. The van der Waals surface area contributed by atoms with Crippen molar-refractivity contribution in [3.63, 3.8) is 0 Å². The molecular formula is C67H56Cl6F9N27O6. The Morgan fingerprint density at radius 1 is 0.409 bits per heavy atom. The van der Waals surface area contributed by atoms with Gasteiger partial charge in [-0.25, -0.2) is 29.0 Å². The Bertz CT molecular complexity index is 5700. The summed E-state index contributed by atoms with van der Waals surface area (Å²) in [4.78, 5) is 93.1. The third-order valence-corrected chi connectivity index (χ3v) is 16.8. The lowest BCUT2D eigenvalue weighted by molar-refractivity contribution is -0.145. The number of tetrazole rings is 3. The summed E-state index contributed by atoms with van der Waals surface area (Å²) >= 11 is 37.3. The van der Waals surface area contributed by atoms with Crippen LogP contribution in [0.25, 0.3) is 17.5 Å². The van der Waals surface area contributed by atoms with Crippen molar-refractivity contribution < 1.29 is 68.3 Å². The molecule has 0 aliphatic heterocycles. The van der Waals surface area contributed by atoms with Crippen LogP contribution in [0.15, 0.2) is 110 Å². The highest BCUT2D eigenvalue weighted by atomic mass is 35.5. The number of amides is 6. The molecule has 600 valence electrons. The van der Waals surface area contributed by atoms with Crippen LogP contribution in [0.3, 0.4) is 0 Å². The van der Waals surface area contributed by atoms with Gasteiger partial charge in [0.2, 0.25) is 0 Å². The summed E-state index contributed by atoms with van der Waals surface area (Å²) in [5.41, 5.74) is 2.04. The van der Waals surface area contributed by atoms with Crippen LogP contribution in [0.2, 0.25) is 30.1 Å². The summed E-state index contributed by atoms with van der Waals surface area (Å²) in [6.07, 6.45) is -10.1. The molecule has 0 spiro atoms. The number of nitrogens with one attached hydrogen (secondary N) is 6. The number of anilines is 3. The summed E-state index contributed by atoms with van der Waals surface area (Å²) in [6, 6.07) is 22.2. The first kappa shape index (κ1) is 85.3. The maximum absolute atomic E-state index is 13.6. The number of hydrogen-bond donors (Lipinski definition) is 6. The number of nitrogens with zero attached hydrogens (tertiary/aromatic N) is 21. The molecule has 12 aromatic rings. The first-order valence-electron chi connectivity index (χ1n) is 32.9. The molecule has 0 atom stereocenters. The molecule has 0 radical (unpaired) electrons. The van der Waals surface area contributed by atoms with Crippen LogP contribution in [0, 0.1) is 20.8 Å². The minimum atomic E-state index is -4.78. The maximum atomic E-state index is 13.6. The zero-order valence-corrected chi connectivity index (χ0v) is 64.8. The zero-order valence-electron chi connectivity index (χ0n) is 60.2. The van der Waals surface area contributed by atoms with Crippen molar-refractivity contribution in [3.8, 4) is 17.5 Å². The molecule has 12 rings (SSSR count). The van der Waals surface area contributed by atoms with E-state index in [4.69, 9.17) is 69.6 Å². The smallest absolute Gasteiger partial charge is 0.355 e. The Hall–Kier alpha value is -12.1. The van der Waals surface area contributed by atoms with Crippen LogP contribution in [0.1, 0.15) is 141 Å². The van der Waals surface area contributed by atoms with E-state index in [-0.39, 0.29) is 120 Å². The van der Waals surface area contributed by atoms with Gasteiger partial charge in [0.1, 0.15) is 36.7 Å². The second kappa shape index (κ2) is 35.1. The van der Waals surface area contributed by atoms with E-state index in [0.29, 0.717) is 52.7 Å². The van der Waals surface area contributed by atoms with E-state index in [1.807, 2.05) is 0 Å². The number of pyridine rings is 3. The van der Waals surface area contributed by atoms with Gasteiger partial charge < -0.3 is 31.9 Å². The van der Waals surface area contributed by atoms with Crippen LogP contribution >= 0.6 is 69.6 Å². The predicted molar refractivity (Wildman–Crippen MR) is 396 cm³/mol. The number of rotatable bonds is 19. The summed E-state index contributed by atoms with van der Waals surface area (Å²) in [7, 11) is 1.43. The van der Waals surface area contributed by atoms with Crippen molar-refractivity contribution in [1.82, 2.24) is 121 Å². The molecule has 0 bridgehead atoms.